The summed E-state index contributed by atoms with van der Waals surface area (Å²) < 4.78 is 35.5. The number of rotatable bonds is 7. The van der Waals surface area contributed by atoms with E-state index in [4.69, 9.17) is 4.74 Å². The monoisotopic (exact) mass is 386 g/mol. The molecule has 0 saturated heterocycles. The fourth-order valence-electron chi connectivity index (χ4n) is 2.51. The standard InChI is InChI=1S/C21H20F2N2O3/c1-4-27-18-10-6-8-15(19(18)28-21(22)23)11-16(12-24)20(26)25-17-9-5-7-13(2)14(17)3/h5-11,21H,4H2,1-3H3,(H,25,26)/b16-11+. The molecule has 0 aliphatic carbocycles. The highest BCUT2D eigenvalue weighted by Crippen LogP contribution is 2.34. The largest absolute Gasteiger partial charge is 0.490 e. The number of halogens is 2. The molecule has 2 rings (SSSR count). The van der Waals surface area contributed by atoms with Crippen LogP contribution in [0.25, 0.3) is 6.08 Å². The zero-order chi connectivity index (χ0) is 20.7. The van der Waals surface area contributed by atoms with Crippen molar-refractivity contribution in [3.05, 3.63) is 58.7 Å². The van der Waals surface area contributed by atoms with Crippen molar-refractivity contribution in [2.24, 2.45) is 0 Å². The predicted molar refractivity (Wildman–Crippen MR) is 102 cm³/mol. The minimum absolute atomic E-state index is 0.101. The molecule has 5 nitrogen and oxygen atoms in total. The number of hydrogen-bond donors (Lipinski definition) is 1. The van der Waals surface area contributed by atoms with E-state index in [1.807, 2.05) is 19.9 Å². The van der Waals surface area contributed by atoms with E-state index in [9.17, 15) is 18.8 Å². The van der Waals surface area contributed by atoms with Crippen LogP contribution >= 0.6 is 0 Å². The molecule has 0 aliphatic rings. The van der Waals surface area contributed by atoms with E-state index in [0.29, 0.717) is 5.69 Å². The molecule has 0 aliphatic heterocycles. The van der Waals surface area contributed by atoms with E-state index in [-0.39, 0.29) is 29.2 Å². The maximum Gasteiger partial charge on any atom is 0.387 e. The molecule has 28 heavy (non-hydrogen) atoms. The maximum atomic E-state index is 12.8. The minimum Gasteiger partial charge on any atom is -0.490 e. The third-order valence-corrected chi connectivity index (χ3v) is 4.03. The van der Waals surface area contributed by atoms with Gasteiger partial charge in [-0.3, -0.25) is 4.79 Å². The van der Waals surface area contributed by atoms with Crippen molar-refractivity contribution in [1.82, 2.24) is 0 Å². The van der Waals surface area contributed by atoms with Crippen LogP contribution < -0.4 is 14.8 Å². The SMILES string of the molecule is CCOc1cccc(/C=C(\C#N)C(=O)Nc2cccc(C)c2C)c1OC(F)F. The number of para-hydroxylation sites is 1. The lowest BCUT2D eigenvalue weighted by Crippen LogP contribution is -2.14. The van der Waals surface area contributed by atoms with E-state index < -0.39 is 12.5 Å². The highest BCUT2D eigenvalue weighted by molar-refractivity contribution is 6.10. The van der Waals surface area contributed by atoms with Gasteiger partial charge < -0.3 is 14.8 Å². The van der Waals surface area contributed by atoms with Gasteiger partial charge in [-0.15, -0.1) is 0 Å². The van der Waals surface area contributed by atoms with Crippen LogP contribution in [0.2, 0.25) is 0 Å². The first-order valence-corrected chi connectivity index (χ1v) is 8.57. The number of aryl methyl sites for hydroxylation is 1. The van der Waals surface area contributed by atoms with Gasteiger partial charge in [-0.2, -0.15) is 14.0 Å². The fourth-order valence-corrected chi connectivity index (χ4v) is 2.51. The fraction of sp³-hybridized carbons (Fsp3) is 0.238. The molecule has 0 spiro atoms. The van der Waals surface area contributed by atoms with Crippen LogP contribution in [0.1, 0.15) is 23.6 Å². The number of nitriles is 1. The molecular formula is C21H20F2N2O3. The Morgan fingerprint density at radius 1 is 1.25 bits per heavy atom. The van der Waals surface area contributed by atoms with Gasteiger partial charge in [-0.05, 0) is 50.1 Å². The summed E-state index contributed by atoms with van der Waals surface area (Å²) in [7, 11) is 0. The van der Waals surface area contributed by atoms with Gasteiger partial charge in [0.05, 0.1) is 6.61 Å². The van der Waals surface area contributed by atoms with E-state index in [1.165, 1.54) is 18.2 Å². The molecule has 0 saturated carbocycles. The first-order chi connectivity index (χ1) is 13.4. The van der Waals surface area contributed by atoms with E-state index >= 15 is 0 Å². The summed E-state index contributed by atoms with van der Waals surface area (Å²) >= 11 is 0. The Balaban J connectivity index is 2.40. The van der Waals surface area contributed by atoms with Crippen LogP contribution in [0, 0.1) is 25.2 Å². The van der Waals surface area contributed by atoms with Crippen molar-refractivity contribution in [3.8, 4) is 17.6 Å². The molecule has 1 N–H and O–H groups in total. The summed E-state index contributed by atoms with van der Waals surface area (Å²) in [5, 5.41) is 12.1. The Bertz CT molecular complexity index is 934. The average molecular weight is 386 g/mol. The van der Waals surface area contributed by atoms with Gasteiger partial charge in [0.25, 0.3) is 5.91 Å². The number of alkyl halides is 2. The van der Waals surface area contributed by atoms with Gasteiger partial charge >= 0.3 is 6.61 Å². The Morgan fingerprint density at radius 2 is 1.96 bits per heavy atom. The summed E-state index contributed by atoms with van der Waals surface area (Å²) in [6.07, 6.45) is 1.20. The molecule has 0 atom stereocenters. The number of nitrogens with zero attached hydrogens (tertiary/aromatic N) is 1. The van der Waals surface area contributed by atoms with E-state index in [2.05, 4.69) is 10.1 Å². The minimum atomic E-state index is -3.08. The molecule has 0 radical (unpaired) electrons. The number of nitrogens with one attached hydrogen (secondary N) is 1. The van der Waals surface area contributed by atoms with Crippen molar-refractivity contribution in [1.29, 1.82) is 5.26 Å². The van der Waals surface area contributed by atoms with Gasteiger partial charge in [-0.1, -0.05) is 24.3 Å². The maximum absolute atomic E-state index is 12.8. The van der Waals surface area contributed by atoms with Crippen LogP contribution in [0.4, 0.5) is 14.5 Å². The lowest BCUT2D eigenvalue weighted by atomic mass is 10.1. The summed E-state index contributed by atoms with van der Waals surface area (Å²) in [5.74, 6) is -0.781. The molecule has 0 heterocycles. The number of hydrogen-bond acceptors (Lipinski definition) is 4. The molecule has 0 aromatic heterocycles. The van der Waals surface area contributed by atoms with Crippen LogP contribution in [0.3, 0.4) is 0 Å². The van der Waals surface area contributed by atoms with Crippen LogP contribution in [-0.4, -0.2) is 19.1 Å². The van der Waals surface area contributed by atoms with Gasteiger partial charge in [0.1, 0.15) is 11.6 Å². The Labute approximate surface area is 162 Å². The molecule has 7 heteroatoms. The lowest BCUT2D eigenvalue weighted by molar-refractivity contribution is -0.112. The third-order valence-electron chi connectivity index (χ3n) is 4.03. The second-order valence-corrected chi connectivity index (χ2v) is 5.86. The molecule has 0 bridgehead atoms. The highest BCUT2D eigenvalue weighted by Gasteiger charge is 2.17. The Kier molecular flexibility index (Phi) is 7.10. The summed E-state index contributed by atoms with van der Waals surface area (Å²) in [6, 6.07) is 11.7. The smallest absolute Gasteiger partial charge is 0.387 e. The molecular weight excluding hydrogens is 366 g/mol. The second kappa shape index (κ2) is 9.51. The lowest BCUT2D eigenvalue weighted by Gasteiger charge is -2.14. The Morgan fingerprint density at radius 3 is 2.61 bits per heavy atom. The van der Waals surface area contributed by atoms with Gasteiger partial charge in [0.15, 0.2) is 11.5 Å². The number of carbonyl (C=O) groups excluding carboxylic acids is 1. The summed E-state index contributed by atoms with van der Waals surface area (Å²) in [6.45, 7) is 2.61. The number of benzene rings is 2. The zero-order valence-corrected chi connectivity index (χ0v) is 15.8. The van der Waals surface area contributed by atoms with Crippen molar-refractivity contribution < 1.29 is 23.0 Å². The summed E-state index contributed by atoms with van der Waals surface area (Å²) in [4.78, 5) is 12.5. The third kappa shape index (κ3) is 5.07. The van der Waals surface area contributed by atoms with Crippen LogP contribution in [0.15, 0.2) is 42.0 Å². The predicted octanol–water partition coefficient (Wildman–Crippen LogP) is 4.85. The van der Waals surface area contributed by atoms with Crippen LogP contribution in [-0.2, 0) is 4.79 Å². The Hall–Kier alpha value is -3.40. The van der Waals surface area contributed by atoms with E-state index in [0.717, 1.165) is 11.1 Å². The van der Waals surface area contributed by atoms with Crippen molar-refractivity contribution in [2.75, 3.05) is 11.9 Å². The van der Waals surface area contributed by atoms with Gasteiger partial charge in [-0.25, -0.2) is 0 Å². The second-order valence-electron chi connectivity index (χ2n) is 5.86. The zero-order valence-electron chi connectivity index (χ0n) is 15.8. The molecule has 146 valence electrons. The molecule has 2 aromatic carbocycles. The van der Waals surface area contributed by atoms with Gasteiger partial charge in [0.2, 0.25) is 0 Å². The van der Waals surface area contributed by atoms with Gasteiger partial charge in [0, 0.05) is 11.3 Å². The quantitative estimate of drug-likeness (QED) is 0.545. The average Bonchev–Trinajstić information content (AvgIpc) is 2.65. The molecule has 0 unspecified atom stereocenters. The topological polar surface area (TPSA) is 71.3 Å². The first kappa shape index (κ1) is 20.9. The number of amides is 1. The molecule has 1 amide bonds. The molecule has 0 fully saturated rings. The molecule has 2 aromatic rings. The first-order valence-electron chi connectivity index (χ1n) is 8.57. The number of ether oxygens (including phenoxy) is 2. The summed E-state index contributed by atoms with van der Waals surface area (Å²) in [5.41, 5.74) is 2.30. The van der Waals surface area contributed by atoms with Crippen molar-refractivity contribution in [2.45, 2.75) is 27.4 Å². The van der Waals surface area contributed by atoms with Crippen molar-refractivity contribution >= 4 is 17.7 Å². The van der Waals surface area contributed by atoms with Crippen LogP contribution in [0.5, 0.6) is 11.5 Å². The van der Waals surface area contributed by atoms with E-state index in [1.54, 1.807) is 31.2 Å². The highest BCUT2D eigenvalue weighted by atomic mass is 19.3. The normalized spacial score (nSPS) is 11.1. The van der Waals surface area contributed by atoms with Crippen molar-refractivity contribution in [3.63, 3.8) is 0 Å². The number of carbonyl (C=O) groups is 1. The number of anilines is 1.